The van der Waals surface area contributed by atoms with Gasteiger partial charge in [-0.3, -0.25) is 14.5 Å². The molecule has 3 fully saturated rings. The summed E-state index contributed by atoms with van der Waals surface area (Å²) in [7, 11) is -3.61. The van der Waals surface area contributed by atoms with E-state index in [0.717, 1.165) is 4.90 Å². The molecule has 0 N–H and O–H groups in total. The van der Waals surface area contributed by atoms with E-state index in [0.29, 0.717) is 58.3 Å². The maximum atomic E-state index is 12.8. The minimum absolute atomic E-state index is 0.132. The van der Waals surface area contributed by atoms with Crippen molar-refractivity contribution in [2.75, 3.05) is 57.5 Å². The number of morpholine rings is 2. The Bertz CT molecular complexity index is 845. The molecule has 3 aliphatic heterocycles. The Labute approximate surface area is 163 Å². The first-order valence-corrected chi connectivity index (χ1v) is 10.8. The number of nitrogens with zero attached hydrogens (tertiary/aromatic N) is 3. The average Bonchev–Trinajstić information content (AvgIpc) is 3.03. The first-order valence-electron chi connectivity index (χ1n) is 9.35. The number of rotatable bonds is 4. The van der Waals surface area contributed by atoms with Crippen molar-refractivity contribution in [2.24, 2.45) is 0 Å². The molecule has 1 atom stereocenters. The van der Waals surface area contributed by atoms with Crippen molar-refractivity contribution in [1.29, 1.82) is 0 Å². The van der Waals surface area contributed by atoms with Crippen molar-refractivity contribution in [3.63, 3.8) is 0 Å². The highest BCUT2D eigenvalue weighted by Gasteiger charge is 2.43. The molecule has 3 saturated heterocycles. The summed E-state index contributed by atoms with van der Waals surface area (Å²) < 4.78 is 37.3. The van der Waals surface area contributed by atoms with Crippen molar-refractivity contribution < 1.29 is 27.5 Å². The summed E-state index contributed by atoms with van der Waals surface area (Å²) in [6, 6.07) is 5.45. The predicted molar refractivity (Wildman–Crippen MR) is 99.3 cm³/mol. The minimum atomic E-state index is -3.61. The van der Waals surface area contributed by atoms with Crippen molar-refractivity contribution in [2.45, 2.75) is 17.4 Å². The Morgan fingerprint density at radius 1 is 0.857 bits per heavy atom. The summed E-state index contributed by atoms with van der Waals surface area (Å²) in [5, 5.41) is 0. The molecule has 0 radical (unpaired) electrons. The third-order valence-corrected chi connectivity index (χ3v) is 7.22. The number of carbonyl (C=O) groups excluding carboxylic acids is 2. The number of imide groups is 1. The van der Waals surface area contributed by atoms with Crippen LogP contribution in [0.4, 0.5) is 5.69 Å². The summed E-state index contributed by atoms with van der Waals surface area (Å²) in [5.74, 6) is -0.541. The Morgan fingerprint density at radius 3 is 2.04 bits per heavy atom. The lowest BCUT2D eigenvalue weighted by Crippen LogP contribution is -2.47. The third-order valence-electron chi connectivity index (χ3n) is 5.31. The molecule has 28 heavy (non-hydrogen) atoms. The molecule has 1 unspecified atom stereocenters. The minimum Gasteiger partial charge on any atom is -0.379 e. The lowest BCUT2D eigenvalue weighted by Gasteiger charge is -2.30. The lowest BCUT2D eigenvalue weighted by atomic mass is 10.2. The summed E-state index contributed by atoms with van der Waals surface area (Å²) in [4.78, 5) is 28.6. The van der Waals surface area contributed by atoms with Gasteiger partial charge < -0.3 is 9.47 Å². The number of carbonyl (C=O) groups is 2. The molecule has 1 aromatic rings. The van der Waals surface area contributed by atoms with Crippen molar-refractivity contribution in [3.05, 3.63) is 24.3 Å². The standard InChI is InChI=1S/C18H23N3O6S/c22-17-13-16(19-5-9-26-10-6-19)18(23)21(17)14-1-3-15(4-2-14)28(24,25)20-7-11-27-12-8-20/h1-4,16H,5-13H2. The fraction of sp³-hybridized carbons (Fsp3) is 0.556. The SMILES string of the molecule is O=C1CC(N2CCOCC2)C(=O)N1c1ccc(S(=O)(=O)N2CCOCC2)cc1. The van der Waals surface area contributed by atoms with Gasteiger partial charge in [0.1, 0.15) is 0 Å². The van der Waals surface area contributed by atoms with Gasteiger partial charge in [0.05, 0.1) is 49.5 Å². The molecule has 10 heteroatoms. The van der Waals surface area contributed by atoms with E-state index < -0.39 is 16.1 Å². The van der Waals surface area contributed by atoms with Gasteiger partial charge in [0.2, 0.25) is 15.9 Å². The smallest absolute Gasteiger partial charge is 0.251 e. The summed E-state index contributed by atoms with van der Waals surface area (Å²) >= 11 is 0. The maximum Gasteiger partial charge on any atom is 0.251 e. The van der Waals surface area contributed by atoms with Crippen molar-refractivity contribution in [1.82, 2.24) is 9.21 Å². The van der Waals surface area contributed by atoms with Crippen LogP contribution in [0.3, 0.4) is 0 Å². The summed E-state index contributed by atoms with van der Waals surface area (Å²) in [6.45, 7) is 3.71. The highest BCUT2D eigenvalue weighted by Crippen LogP contribution is 2.28. The molecule has 4 rings (SSSR count). The Morgan fingerprint density at radius 2 is 1.43 bits per heavy atom. The van der Waals surface area contributed by atoms with Crippen LogP contribution in [-0.2, 0) is 29.1 Å². The molecular formula is C18H23N3O6S. The van der Waals surface area contributed by atoms with Gasteiger partial charge in [-0.15, -0.1) is 0 Å². The molecule has 0 aliphatic carbocycles. The lowest BCUT2D eigenvalue weighted by molar-refractivity contribution is -0.123. The van der Waals surface area contributed by atoms with Gasteiger partial charge in [-0.05, 0) is 24.3 Å². The molecule has 0 bridgehead atoms. The van der Waals surface area contributed by atoms with E-state index in [1.165, 1.54) is 28.6 Å². The van der Waals surface area contributed by atoms with Crippen LogP contribution in [0.25, 0.3) is 0 Å². The number of anilines is 1. The maximum absolute atomic E-state index is 12.8. The van der Waals surface area contributed by atoms with Crippen LogP contribution < -0.4 is 4.90 Å². The zero-order valence-electron chi connectivity index (χ0n) is 15.5. The molecule has 3 aliphatic rings. The van der Waals surface area contributed by atoms with Crippen LogP contribution in [-0.4, -0.2) is 88.1 Å². The third kappa shape index (κ3) is 3.58. The zero-order valence-corrected chi connectivity index (χ0v) is 16.3. The molecule has 3 heterocycles. The number of benzene rings is 1. The summed E-state index contributed by atoms with van der Waals surface area (Å²) in [6.07, 6.45) is 0.132. The van der Waals surface area contributed by atoms with Gasteiger partial charge in [-0.25, -0.2) is 13.3 Å². The van der Waals surface area contributed by atoms with E-state index in [9.17, 15) is 18.0 Å². The molecule has 2 amide bonds. The van der Waals surface area contributed by atoms with Gasteiger partial charge in [0.25, 0.3) is 5.91 Å². The van der Waals surface area contributed by atoms with Gasteiger partial charge in [-0.2, -0.15) is 4.31 Å². The molecule has 0 aromatic heterocycles. The number of ether oxygens (including phenoxy) is 2. The Balaban J connectivity index is 1.52. The van der Waals surface area contributed by atoms with Crippen molar-refractivity contribution in [3.8, 4) is 0 Å². The topological polar surface area (TPSA) is 96.5 Å². The van der Waals surface area contributed by atoms with Gasteiger partial charge in [0.15, 0.2) is 0 Å². The number of amides is 2. The number of hydrogen-bond donors (Lipinski definition) is 0. The van der Waals surface area contributed by atoms with Gasteiger partial charge in [-0.1, -0.05) is 0 Å². The molecule has 0 saturated carbocycles. The van der Waals surface area contributed by atoms with Crippen LogP contribution in [0, 0.1) is 0 Å². The normalized spacial score (nSPS) is 25.4. The molecule has 9 nitrogen and oxygen atoms in total. The second-order valence-corrected chi connectivity index (χ2v) is 8.88. The van der Waals surface area contributed by atoms with Crippen LogP contribution >= 0.6 is 0 Å². The van der Waals surface area contributed by atoms with Crippen LogP contribution in [0.2, 0.25) is 0 Å². The fourth-order valence-corrected chi connectivity index (χ4v) is 5.17. The van der Waals surface area contributed by atoms with E-state index in [-0.39, 0.29) is 23.1 Å². The van der Waals surface area contributed by atoms with Crippen molar-refractivity contribution >= 4 is 27.5 Å². The number of hydrogen-bond acceptors (Lipinski definition) is 7. The molecular weight excluding hydrogens is 386 g/mol. The summed E-state index contributed by atoms with van der Waals surface area (Å²) in [5.41, 5.74) is 0.395. The van der Waals surface area contributed by atoms with E-state index in [4.69, 9.17) is 9.47 Å². The van der Waals surface area contributed by atoms with E-state index in [1.54, 1.807) is 0 Å². The second-order valence-electron chi connectivity index (χ2n) is 6.95. The quantitative estimate of drug-likeness (QED) is 0.629. The van der Waals surface area contributed by atoms with Crippen LogP contribution in [0.5, 0.6) is 0 Å². The highest BCUT2D eigenvalue weighted by molar-refractivity contribution is 7.89. The van der Waals surface area contributed by atoms with E-state index in [2.05, 4.69) is 0 Å². The Kier molecular flexibility index (Phi) is 5.48. The van der Waals surface area contributed by atoms with E-state index in [1.807, 2.05) is 4.90 Å². The second kappa shape index (κ2) is 7.88. The highest BCUT2D eigenvalue weighted by atomic mass is 32.2. The van der Waals surface area contributed by atoms with E-state index >= 15 is 0 Å². The Hall–Kier alpha value is -1.85. The van der Waals surface area contributed by atoms with Gasteiger partial charge >= 0.3 is 0 Å². The molecule has 152 valence electrons. The number of sulfonamides is 1. The average molecular weight is 409 g/mol. The van der Waals surface area contributed by atoms with Gasteiger partial charge in [0, 0.05) is 26.2 Å². The largest absolute Gasteiger partial charge is 0.379 e. The first-order chi connectivity index (χ1) is 13.5. The molecule has 0 spiro atoms. The predicted octanol–water partition coefficient (Wildman–Crippen LogP) is -0.328. The first kappa shape index (κ1) is 19.5. The zero-order chi connectivity index (χ0) is 19.7. The molecule has 1 aromatic carbocycles. The van der Waals surface area contributed by atoms with Crippen LogP contribution in [0.1, 0.15) is 6.42 Å². The fourth-order valence-electron chi connectivity index (χ4n) is 3.76. The monoisotopic (exact) mass is 409 g/mol. The van der Waals surface area contributed by atoms with Crippen LogP contribution in [0.15, 0.2) is 29.2 Å².